The first-order valence-corrected chi connectivity index (χ1v) is 8.76. The van der Waals surface area contributed by atoms with E-state index >= 15 is 0 Å². The lowest BCUT2D eigenvalue weighted by Crippen LogP contribution is -2.24. The minimum absolute atomic E-state index is 0.000811. The molecule has 2 aromatic carbocycles. The number of alkyl halides is 3. The van der Waals surface area contributed by atoms with E-state index in [9.17, 15) is 22.8 Å². The van der Waals surface area contributed by atoms with Crippen LogP contribution in [0.4, 0.5) is 18.9 Å². The minimum atomic E-state index is -4.53. The van der Waals surface area contributed by atoms with E-state index < -0.39 is 18.7 Å². The van der Waals surface area contributed by atoms with Gasteiger partial charge in [0.1, 0.15) is 5.75 Å². The van der Waals surface area contributed by atoms with Crippen LogP contribution in [0, 0.1) is 0 Å². The molecule has 1 aromatic heterocycles. The third-order valence-electron chi connectivity index (χ3n) is 3.97. The number of nitrogens with zero attached hydrogens (tertiary/aromatic N) is 2. The summed E-state index contributed by atoms with van der Waals surface area (Å²) in [4.78, 5) is 24.7. The van der Waals surface area contributed by atoms with Crippen LogP contribution in [0.2, 0.25) is 5.02 Å². The lowest BCUT2D eigenvalue weighted by molar-refractivity contribution is -0.153. The maximum absolute atomic E-state index is 12.5. The Morgan fingerprint density at radius 3 is 2.59 bits per heavy atom. The smallest absolute Gasteiger partial charge is 0.422 e. The van der Waals surface area contributed by atoms with Gasteiger partial charge in [0.05, 0.1) is 23.2 Å². The van der Waals surface area contributed by atoms with Crippen molar-refractivity contribution in [1.82, 2.24) is 9.78 Å². The molecular formula is C19H15ClF3N3O3. The molecule has 1 N–H and O–H groups in total. The maximum atomic E-state index is 12.5. The van der Waals surface area contributed by atoms with Gasteiger partial charge in [0, 0.05) is 17.5 Å². The molecule has 0 aliphatic rings. The average molecular weight is 426 g/mol. The van der Waals surface area contributed by atoms with Crippen LogP contribution in [0.3, 0.4) is 0 Å². The van der Waals surface area contributed by atoms with Crippen LogP contribution < -0.4 is 15.6 Å². The number of hydrogen-bond donors (Lipinski definition) is 1. The van der Waals surface area contributed by atoms with Gasteiger partial charge in [-0.2, -0.15) is 18.3 Å². The third-order valence-corrected chi connectivity index (χ3v) is 4.20. The fourth-order valence-electron chi connectivity index (χ4n) is 2.74. The predicted molar refractivity (Wildman–Crippen MR) is 102 cm³/mol. The van der Waals surface area contributed by atoms with E-state index in [0.717, 1.165) is 4.68 Å². The minimum Gasteiger partial charge on any atom is -0.482 e. The van der Waals surface area contributed by atoms with E-state index in [1.165, 1.54) is 25.2 Å². The molecule has 152 valence electrons. The Labute approximate surface area is 167 Å². The molecule has 1 amide bonds. The summed E-state index contributed by atoms with van der Waals surface area (Å²) in [7, 11) is 1.47. The van der Waals surface area contributed by atoms with Crippen molar-refractivity contribution in [2.24, 2.45) is 7.05 Å². The topological polar surface area (TPSA) is 73.2 Å². The highest BCUT2D eigenvalue weighted by molar-refractivity contribution is 6.31. The molecule has 0 spiro atoms. The summed E-state index contributed by atoms with van der Waals surface area (Å²) < 4.78 is 43.2. The molecule has 6 nitrogen and oxygen atoms in total. The van der Waals surface area contributed by atoms with E-state index in [1.54, 1.807) is 24.3 Å². The zero-order valence-electron chi connectivity index (χ0n) is 15.1. The summed E-state index contributed by atoms with van der Waals surface area (Å²) in [6, 6.07) is 10.6. The number of aromatic nitrogens is 2. The quantitative estimate of drug-likeness (QED) is 0.676. The zero-order chi connectivity index (χ0) is 21.2. The first-order valence-electron chi connectivity index (χ1n) is 8.38. The van der Waals surface area contributed by atoms with Gasteiger partial charge in [-0.25, -0.2) is 4.68 Å². The van der Waals surface area contributed by atoms with Crippen LogP contribution in [0.5, 0.6) is 5.75 Å². The van der Waals surface area contributed by atoms with Crippen molar-refractivity contribution in [3.8, 4) is 5.75 Å². The third kappa shape index (κ3) is 5.05. The molecule has 0 fully saturated rings. The first-order chi connectivity index (χ1) is 13.6. The standard InChI is InChI=1S/C19H15ClF3N3O3/c1-26-18(28)13-5-3-2-4-12(13)14(25-26)9-17(27)24-15-8-11(20)6-7-16(15)29-10-19(21,22)23/h2-8H,9-10H2,1H3,(H,24,27). The van der Waals surface area contributed by atoms with Crippen LogP contribution in [0.1, 0.15) is 5.69 Å². The molecular weight excluding hydrogens is 411 g/mol. The average Bonchev–Trinajstić information content (AvgIpc) is 2.64. The SMILES string of the molecule is Cn1nc(CC(=O)Nc2cc(Cl)ccc2OCC(F)(F)F)c2ccccc2c1=O. The second-order valence-corrected chi connectivity index (χ2v) is 6.63. The van der Waals surface area contributed by atoms with Crippen molar-refractivity contribution < 1.29 is 22.7 Å². The second kappa shape index (κ2) is 8.12. The van der Waals surface area contributed by atoms with Gasteiger partial charge in [-0.15, -0.1) is 0 Å². The monoisotopic (exact) mass is 425 g/mol. The molecule has 29 heavy (non-hydrogen) atoms. The summed E-state index contributed by atoms with van der Waals surface area (Å²) in [6.45, 7) is -1.51. The van der Waals surface area contributed by atoms with E-state index in [4.69, 9.17) is 16.3 Å². The highest BCUT2D eigenvalue weighted by atomic mass is 35.5. The summed E-state index contributed by atoms with van der Waals surface area (Å²) >= 11 is 5.89. The number of benzene rings is 2. The molecule has 0 atom stereocenters. The largest absolute Gasteiger partial charge is 0.482 e. The number of rotatable bonds is 5. The molecule has 1 heterocycles. The van der Waals surface area contributed by atoms with Gasteiger partial charge in [-0.05, 0) is 24.3 Å². The fourth-order valence-corrected chi connectivity index (χ4v) is 2.91. The summed E-state index contributed by atoms with van der Waals surface area (Å²) in [6.07, 6.45) is -4.74. The molecule has 0 saturated heterocycles. The predicted octanol–water partition coefficient (Wildman–Crippen LogP) is 3.71. The summed E-state index contributed by atoms with van der Waals surface area (Å²) in [5.74, 6) is -0.723. The molecule has 0 radical (unpaired) electrons. The first kappa shape index (κ1) is 20.7. The Hall–Kier alpha value is -3.07. The summed E-state index contributed by atoms with van der Waals surface area (Å²) in [5.41, 5.74) is 0.0447. The highest BCUT2D eigenvalue weighted by Crippen LogP contribution is 2.30. The number of halogens is 4. The van der Waals surface area contributed by atoms with Crippen molar-refractivity contribution in [2.45, 2.75) is 12.6 Å². The number of amides is 1. The molecule has 0 bridgehead atoms. The number of ether oxygens (including phenoxy) is 1. The van der Waals surface area contributed by atoms with E-state index in [1.807, 2.05) is 0 Å². The number of fused-ring (bicyclic) bond motifs is 1. The Morgan fingerprint density at radius 1 is 1.21 bits per heavy atom. The van der Waals surface area contributed by atoms with Crippen LogP contribution in [-0.4, -0.2) is 28.5 Å². The number of carbonyl (C=O) groups is 1. The molecule has 0 aliphatic heterocycles. The number of aryl methyl sites for hydroxylation is 1. The van der Waals surface area contributed by atoms with Gasteiger partial charge >= 0.3 is 6.18 Å². The van der Waals surface area contributed by atoms with Gasteiger partial charge in [0.25, 0.3) is 5.56 Å². The normalized spacial score (nSPS) is 11.5. The van der Waals surface area contributed by atoms with Gasteiger partial charge in [0.15, 0.2) is 6.61 Å². The molecule has 10 heteroatoms. The van der Waals surface area contributed by atoms with Gasteiger partial charge in [0.2, 0.25) is 5.91 Å². The number of carbonyl (C=O) groups excluding carboxylic acids is 1. The Morgan fingerprint density at radius 2 is 1.90 bits per heavy atom. The van der Waals surface area contributed by atoms with Crippen molar-refractivity contribution in [2.75, 3.05) is 11.9 Å². The number of nitrogens with one attached hydrogen (secondary N) is 1. The molecule has 0 unspecified atom stereocenters. The van der Waals surface area contributed by atoms with Crippen LogP contribution in [0.15, 0.2) is 47.3 Å². The lowest BCUT2D eigenvalue weighted by Gasteiger charge is -2.14. The number of hydrogen-bond acceptors (Lipinski definition) is 4. The molecule has 3 rings (SSSR count). The van der Waals surface area contributed by atoms with Crippen molar-refractivity contribution in [3.05, 3.63) is 63.5 Å². The van der Waals surface area contributed by atoms with Gasteiger partial charge < -0.3 is 10.1 Å². The molecule has 3 aromatic rings. The van der Waals surface area contributed by atoms with Gasteiger partial charge in [-0.3, -0.25) is 9.59 Å². The van der Waals surface area contributed by atoms with Crippen molar-refractivity contribution in [1.29, 1.82) is 0 Å². The van der Waals surface area contributed by atoms with Crippen molar-refractivity contribution >= 4 is 34.0 Å². The Bertz CT molecular complexity index is 1130. The highest BCUT2D eigenvalue weighted by Gasteiger charge is 2.29. The zero-order valence-corrected chi connectivity index (χ0v) is 15.8. The van der Waals surface area contributed by atoms with Crippen LogP contribution >= 0.6 is 11.6 Å². The second-order valence-electron chi connectivity index (χ2n) is 6.19. The molecule has 0 saturated carbocycles. The van der Waals surface area contributed by atoms with E-state index in [2.05, 4.69) is 10.4 Å². The van der Waals surface area contributed by atoms with Crippen LogP contribution in [-0.2, 0) is 18.3 Å². The Balaban J connectivity index is 1.85. The molecule has 0 aliphatic carbocycles. The fraction of sp³-hybridized carbons (Fsp3) is 0.211. The van der Waals surface area contributed by atoms with Gasteiger partial charge in [-0.1, -0.05) is 29.8 Å². The van der Waals surface area contributed by atoms with Crippen molar-refractivity contribution in [3.63, 3.8) is 0 Å². The number of anilines is 1. The van der Waals surface area contributed by atoms with Crippen LogP contribution in [0.25, 0.3) is 10.8 Å². The summed E-state index contributed by atoms with van der Waals surface area (Å²) in [5, 5.41) is 7.76. The maximum Gasteiger partial charge on any atom is 0.422 e. The van der Waals surface area contributed by atoms with E-state index in [0.29, 0.717) is 16.5 Å². The lowest BCUT2D eigenvalue weighted by atomic mass is 10.1. The van der Waals surface area contributed by atoms with E-state index in [-0.39, 0.29) is 28.4 Å². The Kier molecular flexibility index (Phi) is 5.78.